The van der Waals surface area contributed by atoms with E-state index in [9.17, 15) is 0 Å². The van der Waals surface area contributed by atoms with Crippen LogP contribution in [0.5, 0.6) is 11.5 Å². The molecule has 2 aromatic heterocycles. The molecule has 27 heavy (non-hydrogen) atoms. The first-order valence-electron chi connectivity index (χ1n) is 8.53. The van der Waals surface area contributed by atoms with Crippen molar-refractivity contribution in [2.75, 3.05) is 5.32 Å². The molecule has 1 N–H and O–H groups in total. The van der Waals surface area contributed by atoms with Gasteiger partial charge in [-0.05, 0) is 43.7 Å². The number of fused-ring (bicyclic) bond motifs is 1. The van der Waals surface area contributed by atoms with Gasteiger partial charge in [0.05, 0.1) is 5.69 Å². The Balaban J connectivity index is 1.47. The molecule has 0 radical (unpaired) electrons. The van der Waals surface area contributed by atoms with Crippen LogP contribution in [-0.4, -0.2) is 19.6 Å². The number of aromatic nitrogens is 4. The molecule has 2 heterocycles. The number of halogens is 1. The van der Waals surface area contributed by atoms with E-state index >= 15 is 0 Å². The van der Waals surface area contributed by atoms with Crippen molar-refractivity contribution in [2.45, 2.75) is 20.4 Å². The molecular weight excluding hydrogens is 362 g/mol. The monoisotopic (exact) mass is 379 g/mol. The lowest BCUT2D eigenvalue weighted by atomic mass is 10.2. The summed E-state index contributed by atoms with van der Waals surface area (Å²) in [5.74, 6) is 2.80. The first-order chi connectivity index (χ1) is 13.1. The van der Waals surface area contributed by atoms with E-state index in [1.54, 1.807) is 4.52 Å². The molecule has 136 valence electrons. The second kappa shape index (κ2) is 7.25. The molecule has 6 nitrogen and oxygen atoms in total. The van der Waals surface area contributed by atoms with Crippen LogP contribution in [0.4, 0.5) is 5.82 Å². The first-order valence-corrected chi connectivity index (χ1v) is 8.91. The van der Waals surface area contributed by atoms with Crippen molar-refractivity contribution in [3.05, 3.63) is 76.7 Å². The lowest BCUT2D eigenvalue weighted by Gasteiger charge is -2.12. The Bertz CT molecular complexity index is 1070. The number of aryl methyl sites for hydroxylation is 2. The van der Waals surface area contributed by atoms with Gasteiger partial charge in [0.1, 0.15) is 22.8 Å². The van der Waals surface area contributed by atoms with Crippen molar-refractivity contribution in [1.82, 2.24) is 19.6 Å². The fourth-order valence-electron chi connectivity index (χ4n) is 2.69. The van der Waals surface area contributed by atoms with E-state index < -0.39 is 0 Å². The number of nitrogens with one attached hydrogen (secondary N) is 1. The number of nitrogens with zero attached hydrogens (tertiary/aromatic N) is 4. The van der Waals surface area contributed by atoms with Gasteiger partial charge in [-0.15, -0.1) is 0 Å². The second-order valence-electron chi connectivity index (χ2n) is 6.24. The van der Waals surface area contributed by atoms with E-state index in [1.807, 2.05) is 55.5 Å². The summed E-state index contributed by atoms with van der Waals surface area (Å²) in [5.41, 5.74) is 3.00. The molecule has 0 aliphatic heterocycles. The Labute approximate surface area is 161 Å². The van der Waals surface area contributed by atoms with Crippen molar-refractivity contribution >= 4 is 23.2 Å². The molecule has 0 spiro atoms. The van der Waals surface area contributed by atoms with Crippen LogP contribution in [0.1, 0.15) is 16.8 Å². The lowest BCUT2D eigenvalue weighted by Crippen LogP contribution is -2.08. The lowest BCUT2D eigenvalue weighted by molar-refractivity contribution is 0.482. The van der Waals surface area contributed by atoms with Crippen LogP contribution in [0, 0.1) is 13.8 Å². The largest absolute Gasteiger partial charge is 0.457 e. The Morgan fingerprint density at radius 3 is 2.37 bits per heavy atom. The summed E-state index contributed by atoms with van der Waals surface area (Å²) in [4.78, 5) is 8.43. The van der Waals surface area contributed by atoms with Crippen LogP contribution < -0.4 is 10.1 Å². The number of benzene rings is 2. The van der Waals surface area contributed by atoms with Crippen molar-refractivity contribution in [1.29, 1.82) is 0 Å². The molecular formula is C20H18ClN5O. The number of hydrogen-bond acceptors (Lipinski definition) is 5. The van der Waals surface area contributed by atoms with Gasteiger partial charge in [-0.3, -0.25) is 0 Å². The molecule has 2 aromatic carbocycles. The fourth-order valence-corrected chi connectivity index (χ4v) is 2.88. The zero-order valence-corrected chi connectivity index (χ0v) is 15.7. The van der Waals surface area contributed by atoms with E-state index in [2.05, 4.69) is 27.3 Å². The molecule has 0 saturated carbocycles. The quantitative estimate of drug-likeness (QED) is 0.539. The summed E-state index contributed by atoms with van der Waals surface area (Å²) >= 11 is 6.39. The Hall–Kier alpha value is -3.12. The number of hydrogen-bond donors (Lipinski definition) is 1. The van der Waals surface area contributed by atoms with Gasteiger partial charge in [-0.25, -0.2) is 4.98 Å². The van der Waals surface area contributed by atoms with Crippen molar-refractivity contribution in [3.63, 3.8) is 0 Å². The van der Waals surface area contributed by atoms with Gasteiger partial charge in [-0.2, -0.15) is 14.6 Å². The van der Waals surface area contributed by atoms with Gasteiger partial charge in [0.25, 0.3) is 5.78 Å². The summed E-state index contributed by atoms with van der Waals surface area (Å²) in [6, 6.07) is 15.9. The maximum absolute atomic E-state index is 6.39. The Morgan fingerprint density at radius 1 is 1.00 bits per heavy atom. The van der Waals surface area contributed by atoms with Crippen molar-refractivity contribution in [3.8, 4) is 11.5 Å². The van der Waals surface area contributed by atoms with Crippen molar-refractivity contribution < 1.29 is 4.74 Å². The molecule has 7 heteroatoms. The highest BCUT2D eigenvalue weighted by Gasteiger charge is 2.12. The third kappa shape index (κ3) is 3.71. The summed E-state index contributed by atoms with van der Waals surface area (Å²) in [6.45, 7) is 4.48. The summed E-state index contributed by atoms with van der Waals surface area (Å²) in [5, 5.41) is 8.03. The van der Waals surface area contributed by atoms with Gasteiger partial charge >= 0.3 is 0 Å². The molecule has 0 atom stereocenters. The molecule has 0 saturated heterocycles. The summed E-state index contributed by atoms with van der Waals surface area (Å²) in [6.07, 6.45) is 1.46. The highest BCUT2D eigenvalue weighted by atomic mass is 35.5. The topological polar surface area (TPSA) is 64.3 Å². The molecule has 4 rings (SSSR count). The van der Waals surface area contributed by atoms with E-state index in [0.29, 0.717) is 28.9 Å². The zero-order chi connectivity index (χ0) is 18.8. The molecule has 0 amide bonds. The minimum atomic E-state index is 0.515. The molecule has 0 fully saturated rings. The minimum absolute atomic E-state index is 0.515. The number of rotatable bonds is 5. The van der Waals surface area contributed by atoms with Crippen molar-refractivity contribution in [2.24, 2.45) is 0 Å². The molecule has 0 aliphatic carbocycles. The summed E-state index contributed by atoms with van der Waals surface area (Å²) < 4.78 is 7.46. The highest BCUT2D eigenvalue weighted by molar-refractivity contribution is 6.33. The van der Waals surface area contributed by atoms with Gasteiger partial charge in [0.15, 0.2) is 5.82 Å². The molecule has 4 aromatic rings. The van der Waals surface area contributed by atoms with Gasteiger partial charge in [-0.1, -0.05) is 41.4 Å². The maximum Gasteiger partial charge on any atom is 0.254 e. The SMILES string of the molecule is Cc1ccc(Oc2ccc(CNc3c(Cl)c(C)nc4ncnn34)cc2)cc1. The molecule has 0 bridgehead atoms. The predicted octanol–water partition coefficient (Wildman–Crippen LogP) is 4.80. The average molecular weight is 380 g/mol. The Morgan fingerprint density at radius 2 is 1.67 bits per heavy atom. The van der Waals surface area contributed by atoms with Crippen LogP contribution in [0.25, 0.3) is 5.78 Å². The van der Waals surface area contributed by atoms with E-state index in [-0.39, 0.29) is 0 Å². The van der Waals surface area contributed by atoms with Gasteiger partial charge in [0, 0.05) is 6.54 Å². The minimum Gasteiger partial charge on any atom is -0.457 e. The number of anilines is 1. The second-order valence-corrected chi connectivity index (χ2v) is 6.62. The normalized spacial score (nSPS) is 10.9. The van der Waals surface area contributed by atoms with Crippen LogP contribution in [0.15, 0.2) is 54.9 Å². The van der Waals surface area contributed by atoms with Crippen LogP contribution >= 0.6 is 11.6 Å². The number of ether oxygens (including phenoxy) is 1. The fraction of sp³-hybridized carbons (Fsp3) is 0.150. The van der Waals surface area contributed by atoms with E-state index in [1.165, 1.54) is 11.9 Å². The Kier molecular flexibility index (Phi) is 4.64. The van der Waals surface area contributed by atoms with Crippen LogP contribution in [-0.2, 0) is 6.54 Å². The first kappa shape index (κ1) is 17.3. The molecule has 0 unspecified atom stereocenters. The smallest absolute Gasteiger partial charge is 0.254 e. The zero-order valence-electron chi connectivity index (χ0n) is 15.0. The summed E-state index contributed by atoms with van der Waals surface area (Å²) in [7, 11) is 0. The maximum atomic E-state index is 6.39. The standard InChI is InChI=1S/C20H18ClN5O/c1-13-3-7-16(8-4-13)27-17-9-5-15(6-10-17)11-22-19-18(21)14(2)25-20-23-12-24-26(19)20/h3-10,12,22H,11H2,1-2H3. The predicted molar refractivity (Wildman–Crippen MR) is 106 cm³/mol. The van der Waals surface area contributed by atoms with Crippen LogP contribution in [0.2, 0.25) is 5.02 Å². The highest BCUT2D eigenvalue weighted by Crippen LogP contribution is 2.26. The third-order valence-electron chi connectivity index (χ3n) is 4.17. The van der Waals surface area contributed by atoms with E-state index in [4.69, 9.17) is 16.3 Å². The van der Waals surface area contributed by atoms with Crippen LogP contribution in [0.3, 0.4) is 0 Å². The van der Waals surface area contributed by atoms with Gasteiger partial charge < -0.3 is 10.1 Å². The van der Waals surface area contributed by atoms with E-state index in [0.717, 1.165) is 17.1 Å². The molecule has 0 aliphatic rings. The third-order valence-corrected chi connectivity index (χ3v) is 4.63. The van der Waals surface area contributed by atoms with Gasteiger partial charge in [0.2, 0.25) is 0 Å². The average Bonchev–Trinajstić information content (AvgIpc) is 3.13.